The predicted octanol–water partition coefficient (Wildman–Crippen LogP) is 5.11. The first-order valence-electron chi connectivity index (χ1n) is 6.54. The lowest BCUT2D eigenvalue weighted by Gasteiger charge is -2.12. The monoisotopic (exact) mass is 292 g/mol. The molecular formula is C15H14Cl2N2. The third kappa shape index (κ3) is 2.60. The van der Waals surface area contributed by atoms with Gasteiger partial charge in [-0.05, 0) is 18.4 Å². The summed E-state index contributed by atoms with van der Waals surface area (Å²) in [5.74, 6) is 1.21. The molecule has 0 spiro atoms. The Kier molecular flexibility index (Phi) is 3.72. The van der Waals surface area contributed by atoms with E-state index in [1.165, 1.54) is 12.8 Å². The summed E-state index contributed by atoms with van der Waals surface area (Å²) < 4.78 is 0. The molecule has 1 fully saturated rings. The Morgan fingerprint density at radius 3 is 2.05 bits per heavy atom. The molecule has 4 heteroatoms. The van der Waals surface area contributed by atoms with E-state index in [9.17, 15) is 0 Å². The van der Waals surface area contributed by atoms with Gasteiger partial charge in [-0.1, -0.05) is 66.4 Å². The van der Waals surface area contributed by atoms with Crippen molar-refractivity contribution in [3.05, 3.63) is 46.5 Å². The van der Waals surface area contributed by atoms with Gasteiger partial charge >= 0.3 is 0 Å². The van der Waals surface area contributed by atoms with Crippen molar-refractivity contribution < 1.29 is 0 Å². The Labute approximate surface area is 122 Å². The lowest BCUT2D eigenvalue weighted by Crippen LogP contribution is -2.02. The zero-order valence-corrected chi connectivity index (χ0v) is 12.0. The van der Waals surface area contributed by atoms with Gasteiger partial charge in [-0.25, -0.2) is 9.97 Å². The van der Waals surface area contributed by atoms with Crippen LogP contribution in [0, 0.1) is 0 Å². The van der Waals surface area contributed by atoms with Gasteiger partial charge in [0.15, 0.2) is 0 Å². The maximum Gasteiger partial charge on any atom is 0.142 e. The number of aromatic nitrogens is 2. The van der Waals surface area contributed by atoms with E-state index in [0.717, 1.165) is 29.8 Å². The fourth-order valence-corrected chi connectivity index (χ4v) is 3.25. The molecule has 0 unspecified atom stereocenters. The minimum atomic E-state index is 0.417. The first kappa shape index (κ1) is 12.9. The Hall–Kier alpha value is -1.12. The number of benzene rings is 1. The van der Waals surface area contributed by atoms with E-state index >= 15 is 0 Å². The summed E-state index contributed by atoms with van der Waals surface area (Å²) in [4.78, 5) is 8.92. The van der Waals surface area contributed by atoms with E-state index in [1.807, 2.05) is 30.3 Å². The van der Waals surface area contributed by atoms with Gasteiger partial charge < -0.3 is 0 Å². The maximum absolute atomic E-state index is 6.31. The first-order valence-corrected chi connectivity index (χ1v) is 7.29. The molecule has 0 atom stereocenters. The minimum absolute atomic E-state index is 0.417. The van der Waals surface area contributed by atoms with Crippen LogP contribution in [0.25, 0.3) is 11.1 Å². The molecule has 0 saturated heterocycles. The number of nitrogens with zero attached hydrogens (tertiary/aromatic N) is 2. The Morgan fingerprint density at radius 1 is 0.895 bits per heavy atom. The van der Waals surface area contributed by atoms with E-state index in [-0.39, 0.29) is 0 Å². The molecule has 1 saturated carbocycles. The van der Waals surface area contributed by atoms with Crippen LogP contribution in [-0.4, -0.2) is 9.97 Å². The van der Waals surface area contributed by atoms with Crippen molar-refractivity contribution in [2.75, 3.05) is 0 Å². The van der Waals surface area contributed by atoms with Crippen LogP contribution in [0.2, 0.25) is 10.3 Å². The number of hydrogen-bond donors (Lipinski definition) is 0. The Bertz CT molecular complexity index is 555. The van der Waals surface area contributed by atoms with Crippen LogP contribution in [0.15, 0.2) is 30.3 Å². The minimum Gasteiger partial charge on any atom is -0.220 e. The average molecular weight is 293 g/mol. The van der Waals surface area contributed by atoms with Crippen LogP contribution < -0.4 is 0 Å². The zero-order valence-electron chi connectivity index (χ0n) is 10.4. The quantitative estimate of drug-likeness (QED) is 0.719. The zero-order chi connectivity index (χ0) is 13.2. The van der Waals surface area contributed by atoms with Gasteiger partial charge in [-0.2, -0.15) is 0 Å². The van der Waals surface area contributed by atoms with Crippen LogP contribution in [0.1, 0.15) is 37.4 Å². The van der Waals surface area contributed by atoms with Crippen molar-refractivity contribution in [1.29, 1.82) is 0 Å². The first-order chi connectivity index (χ1) is 9.25. The summed E-state index contributed by atoms with van der Waals surface area (Å²) in [6, 6.07) is 9.79. The molecule has 0 amide bonds. The Balaban J connectivity index is 2.03. The third-order valence-electron chi connectivity index (χ3n) is 3.62. The van der Waals surface area contributed by atoms with Crippen LogP contribution in [0.5, 0.6) is 0 Å². The molecule has 1 aliphatic carbocycles. The molecule has 0 aliphatic heterocycles. The SMILES string of the molecule is Clc1nc(C2CCCC2)nc(Cl)c1-c1ccccc1. The lowest BCUT2D eigenvalue weighted by molar-refractivity contribution is 0.668. The van der Waals surface area contributed by atoms with Gasteiger partial charge in [0, 0.05) is 5.92 Å². The summed E-state index contributed by atoms with van der Waals surface area (Å²) in [6.45, 7) is 0. The average Bonchev–Trinajstić information content (AvgIpc) is 2.93. The molecular weight excluding hydrogens is 279 g/mol. The molecule has 1 heterocycles. The smallest absolute Gasteiger partial charge is 0.142 e. The molecule has 0 N–H and O–H groups in total. The van der Waals surface area contributed by atoms with Crippen LogP contribution in [0.3, 0.4) is 0 Å². The second-order valence-corrected chi connectivity index (χ2v) is 5.60. The predicted molar refractivity (Wildman–Crippen MR) is 78.7 cm³/mol. The summed E-state index contributed by atoms with van der Waals surface area (Å²) in [5, 5.41) is 0.904. The highest BCUT2D eigenvalue weighted by Gasteiger charge is 2.22. The highest BCUT2D eigenvalue weighted by Crippen LogP contribution is 2.37. The number of halogens is 2. The number of rotatable bonds is 2. The molecule has 19 heavy (non-hydrogen) atoms. The van der Waals surface area contributed by atoms with Gasteiger partial charge in [0.1, 0.15) is 16.1 Å². The topological polar surface area (TPSA) is 25.8 Å². The lowest BCUT2D eigenvalue weighted by atomic mass is 10.1. The van der Waals surface area contributed by atoms with Crippen LogP contribution in [-0.2, 0) is 0 Å². The van der Waals surface area contributed by atoms with Gasteiger partial charge in [0.2, 0.25) is 0 Å². The molecule has 1 aromatic carbocycles. The van der Waals surface area contributed by atoms with Crippen molar-refractivity contribution in [3.8, 4) is 11.1 Å². The largest absolute Gasteiger partial charge is 0.220 e. The van der Waals surface area contributed by atoms with E-state index in [0.29, 0.717) is 16.2 Å². The number of hydrogen-bond acceptors (Lipinski definition) is 2. The second-order valence-electron chi connectivity index (χ2n) is 4.89. The van der Waals surface area contributed by atoms with Crippen molar-refractivity contribution in [2.24, 2.45) is 0 Å². The van der Waals surface area contributed by atoms with Gasteiger partial charge in [0.25, 0.3) is 0 Å². The normalized spacial score (nSPS) is 15.9. The van der Waals surface area contributed by atoms with Crippen molar-refractivity contribution in [2.45, 2.75) is 31.6 Å². The summed E-state index contributed by atoms with van der Waals surface area (Å²) in [5.41, 5.74) is 1.68. The molecule has 98 valence electrons. The fraction of sp³-hybridized carbons (Fsp3) is 0.333. The molecule has 0 bridgehead atoms. The van der Waals surface area contributed by atoms with Crippen molar-refractivity contribution in [3.63, 3.8) is 0 Å². The van der Waals surface area contributed by atoms with E-state index in [4.69, 9.17) is 23.2 Å². The molecule has 0 radical (unpaired) electrons. The van der Waals surface area contributed by atoms with Gasteiger partial charge in [-0.15, -0.1) is 0 Å². The third-order valence-corrected chi connectivity index (χ3v) is 4.17. The van der Waals surface area contributed by atoms with Gasteiger partial charge in [0.05, 0.1) is 5.56 Å². The Morgan fingerprint density at radius 2 is 1.47 bits per heavy atom. The molecule has 1 aromatic heterocycles. The molecule has 2 nitrogen and oxygen atoms in total. The second kappa shape index (κ2) is 5.48. The van der Waals surface area contributed by atoms with E-state index in [1.54, 1.807) is 0 Å². The summed E-state index contributed by atoms with van der Waals surface area (Å²) in [7, 11) is 0. The van der Waals surface area contributed by atoms with E-state index in [2.05, 4.69) is 9.97 Å². The fourth-order valence-electron chi connectivity index (χ4n) is 2.63. The standard InChI is InChI=1S/C15H14Cl2N2/c16-13-12(10-6-2-1-3-7-10)14(17)19-15(18-13)11-8-4-5-9-11/h1-3,6-7,11H,4-5,8-9H2. The van der Waals surface area contributed by atoms with E-state index < -0.39 is 0 Å². The van der Waals surface area contributed by atoms with Gasteiger partial charge in [-0.3, -0.25) is 0 Å². The maximum atomic E-state index is 6.31. The van der Waals surface area contributed by atoms with Crippen LogP contribution in [0.4, 0.5) is 0 Å². The van der Waals surface area contributed by atoms with Crippen LogP contribution >= 0.6 is 23.2 Å². The summed E-state index contributed by atoms with van der Waals surface area (Å²) >= 11 is 12.6. The molecule has 3 rings (SSSR count). The van der Waals surface area contributed by atoms with Crippen molar-refractivity contribution in [1.82, 2.24) is 9.97 Å². The van der Waals surface area contributed by atoms with Crippen molar-refractivity contribution >= 4 is 23.2 Å². The summed E-state index contributed by atoms with van der Waals surface area (Å²) in [6.07, 6.45) is 4.75. The molecule has 2 aromatic rings. The molecule has 1 aliphatic rings. The highest BCUT2D eigenvalue weighted by molar-refractivity contribution is 6.37. The highest BCUT2D eigenvalue weighted by atomic mass is 35.5.